The molecule has 10 nitrogen and oxygen atoms in total. The van der Waals surface area contributed by atoms with Crippen molar-refractivity contribution in [3.8, 4) is 17.2 Å². The largest absolute Gasteiger partial charge is 0.573 e. The molecule has 15 heteroatoms. The number of carbonyl (C=O) groups is 2. The Labute approximate surface area is 252 Å². The highest BCUT2D eigenvalue weighted by molar-refractivity contribution is 7.92. The number of sulfonamides is 1. The minimum absolute atomic E-state index is 0. The van der Waals surface area contributed by atoms with E-state index in [1.165, 1.54) is 48.5 Å². The summed E-state index contributed by atoms with van der Waals surface area (Å²) in [6.45, 7) is 1.95. The van der Waals surface area contributed by atoms with Crippen molar-refractivity contribution >= 4 is 39.9 Å². The number of para-hydroxylation sites is 2. The monoisotopic (exact) mass is 642 g/mol. The Morgan fingerprint density at radius 3 is 2.21 bits per heavy atom. The summed E-state index contributed by atoms with van der Waals surface area (Å²) < 4.78 is 76.0. The molecule has 1 aliphatic heterocycles. The van der Waals surface area contributed by atoms with Gasteiger partial charge in [-0.05, 0) is 80.4 Å². The number of carbonyl (C=O) groups excluding carboxylic acids is 2. The molecule has 3 aromatic rings. The molecule has 4 rings (SSSR count). The smallest absolute Gasteiger partial charge is 0.455 e. The van der Waals surface area contributed by atoms with Gasteiger partial charge in [0.25, 0.3) is 15.9 Å². The number of amides is 2. The zero-order valence-corrected chi connectivity index (χ0v) is 24.3. The van der Waals surface area contributed by atoms with Crippen molar-refractivity contribution in [3.05, 3.63) is 78.4 Å². The molecule has 0 radical (unpaired) electrons. The molecular weight excluding hydrogens is 613 g/mol. The highest BCUT2D eigenvalue weighted by Crippen LogP contribution is 2.33. The van der Waals surface area contributed by atoms with Gasteiger partial charge in [0.15, 0.2) is 5.75 Å². The maximum Gasteiger partial charge on any atom is 0.573 e. The number of alkyl halides is 3. The lowest BCUT2D eigenvalue weighted by Gasteiger charge is -2.22. The number of anilines is 1. The second kappa shape index (κ2) is 14.9. The Balaban J connectivity index is 0.00000506. The summed E-state index contributed by atoms with van der Waals surface area (Å²) in [7, 11) is -4.34. The van der Waals surface area contributed by atoms with E-state index in [9.17, 15) is 31.2 Å². The standard InChI is InChI=1S/C28H29F3N4O6S.ClH/c29-28(30,31)41-21-11-9-20(10-12-21)40-24-7-3-2-6-23(24)35-42(38,39)25-8-4-1-5-22(25)27(37)34-18-26(36)33-17-19-13-15-32-16-14-19;/h1-12,19,32,35H,13-18H2,(H,33,36)(H,34,37);1H. The number of hydrogen-bond donors (Lipinski definition) is 4. The second-order valence-corrected chi connectivity index (χ2v) is 11.1. The first kappa shape index (κ1) is 33.5. The van der Waals surface area contributed by atoms with Crippen LogP contribution in [0.2, 0.25) is 0 Å². The van der Waals surface area contributed by atoms with E-state index in [1.807, 2.05) is 0 Å². The minimum atomic E-state index is -4.85. The number of halogens is 4. The van der Waals surface area contributed by atoms with Crippen molar-refractivity contribution < 1.29 is 40.7 Å². The van der Waals surface area contributed by atoms with Crippen molar-refractivity contribution in [1.29, 1.82) is 0 Å². The summed E-state index contributed by atoms with van der Waals surface area (Å²) in [5.41, 5.74) is -0.157. The highest BCUT2D eigenvalue weighted by Gasteiger charge is 2.31. The Morgan fingerprint density at radius 2 is 1.51 bits per heavy atom. The molecule has 0 atom stereocenters. The molecular formula is C28H30ClF3N4O6S. The van der Waals surface area contributed by atoms with Gasteiger partial charge in [-0.15, -0.1) is 25.6 Å². The van der Waals surface area contributed by atoms with Crippen LogP contribution in [-0.4, -0.2) is 52.8 Å². The van der Waals surface area contributed by atoms with E-state index in [0.717, 1.165) is 38.1 Å². The van der Waals surface area contributed by atoms with Gasteiger partial charge >= 0.3 is 6.36 Å². The average Bonchev–Trinajstić information content (AvgIpc) is 2.96. The molecule has 43 heavy (non-hydrogen) atoms. The van der Waals surface area contributed by atoms with Crippen LogP contribution in [0.4, 0.5) is 18.9 Å². The molecule has 0 aromatic heterocycles. The van der Waals surface area contributed by atoms with Crippen LogP contribution in [0.25, 0.3) is 0 Å². The topological polar surface area (TPSA) is 135 Å². The van der Waals surface area contributed by atoms with Crippen molar-refractivity contribution in [2.75, 3.05) is 30.9 Å². The lowest BCUT2D eigenvalue weighted by atomic mass is 9.98. The van der Waals surface area contributed by atoms with Gasteiger partial charge in [-0.2, -0.15) is 0 Å². The first-order valence-corrected chi connectivity index (χ1v) is 14.5. The van der Waals surface area contributed by atoms with Gasteiger partial charge in [0.1, 0.15) is 16.4 Å². The maximum atomic E-state index is 13.4. The SMILES string of the molecule is Cl.O=C(CNC(=O)c1ccccc1S(=O)(=O)Nc1ccccc1Oc1ccc(OC(F)(F)F)cc1)NCC1CCNCC1. The van der Waals surface area contributed by atoms with Gasteiger partial charge in [0, 0.05) is 6.54 Å². The Kier molecular flexibility index (Phi) is 11.6. The summed E-state index contributed by atoms with van der Waals surface area (Å²) in [6.07, 6.45) is -2.95. The summed E-state index contributed by atoms with van der Waals surface area (Å²) in [6, 6.07) is 16.1. The van der Waals surface area contributed by atoms with Gasteiger partial charge in [-0.25, -0.2) is 8.42 Å². The average molecular weight is 643 g/mol. The number of nitrogens with one attached hydrogen (secondary N) is 4. The fourth-order valence-electron chi connectivity index (χ4n) is 4.23. The van der Waals surface area contributed by atoms with Crippen LogP contribution >= 0.6 is 12.4 Å². The summed E-state index contributed by atoms with van der Waals surface area (Å²) >= 11 is 0. The van der Waals surface area contributed by atoms with Crippen molar-refractivity contribution in [3.63, 3.8) is 0 Å². The van der Waals surface area contributed by atoms with Gasteiger partial charge in [-0.1, -0.05) is 24.3 Å². The Morgan fingerprint density at radius 1 is 0.884 bits per heavy atom. The second-order valence-electron chi connectivity index (χ2n) is 9.40. The van der Waals surface area contributed by atoms with Crippen molar-refractivity contribution in [2.45, 2.75) is 24.1 Å². The van der Waals surface area contributed by atoms with Crippen LogP contribution in [-0.2, 0) is 14.8 Å². The molecule has 232 valence electrons. The maximum absolute atomic E-state index is 13.4. The van der Waals surface area contributed by atoms with E-state index in [1.54, 1.807) is 12.1 Å². The Hall–Kier alpha value is -4.01. The number of piperidine rings is 1. The van der Waals surface area contributed by atoms with Crippen molar-refractivity contribution in [2.24, 2.45) is 5.92 Å². The van der Waals surface area contributed by atoms with E-state index in [-0.39, 0.29) is 52.5 Å². The van der Waals surface area contributed by atoms with Crippen LogP contribution < -0.4 is 30.1 Å². The van der Waals surface area contributed by atoms with Crippen LogP contribution in [0.1, 0.15) is 23.2 Å². The molecule has 0 saturated carbocycles. The first-order chi connectivity index (χ1) is 20.0. The van der Waals surface area contributed by atoms with Crippen molar-refractivity contribution in [1.82, 2.24) is 16.0 Å². The van der Waals surface area contributed by atoms with Gasteiger partial charge in [0.05, 0.1) is 17.8 Å². The van der Waals surface area contributed by atoms with Crippen LogP contribution in [0.5, 0.6) is 17.2 Å². The van der Waals surface area contributed by atoms with Gasteiger partial charge < -0.3 is 25.4 Å². The third-order valence-corrected chi connectivity index (χ3v) is 7.72. The van der Waals surface area contributed by atoms with E-state index in [0.29, 0.717) is 12.5 Å². The van der Waals surface area contributed by atoms with Crippen LogP contribution in [0, 0.1) is 5.92 Å². The van der Waals surface area contributed by atoms with Crippen LogP contribution in [0.3, 0.4) is 0 Å². The number of hydrogen-bond acceptors (Lipinski definition) is 7. The summed E-state index contributed by atoms with van der Waals surface area (Å²) in [5.74, 6) is -1.05. The zero-order chi connectivity index (χ0) is 30.2. The van der Waals surface area contributed by atoms with Gasteiger partial charge in [0.2, 0.25) is 5.91 Å². The quantitative estimate of drug-likeness (QED) is 0.243. The zero-order valence-electron chi connectivity index (χ0n) is 22.6. The predicted molar refractivity (Wildman–Crippen MR) is 155 cm³/mol. The molecule has 0 aliphatic carbocycles. The van der Waals surface area contributed by atoms with E-state index in [4.69, 9.17) is 4.74 Å². The Bertz CT molecular complexity index is 1500. The molecule has 1 saturated heterocycles. The predicted octanol–water partition coefficient (Wildman–Crippen LogP) is 4.45. The highest BCUT2D eigenvalue weighted by atomic mass is 35.5. The molecule has 1 aliphatic rings. The summed E-state index contributed by atoms with van der Waals surface area (Å²) in [5, 5.41) is 8.51. The molecule has 4 N–H and O–H groups in total. The molecule has 1 heterocycles. The number of ether oxygens (including phenoxy) is 2. The lowest BCUT2D eigenvalue weighted by Crippen LogP contribution is -2.41. The number of rotatable bonds is 11. The third kappa shape index (κ3) is 10.0. The molecule has 0 bridgehead atoms. The minimum Gasteiger partial charge on any atom is -0.455 e. The van der Waals surface area contributed by atoms with E-state index < -0.39 is 28.0 Å². The van der Waals surface area contributed by atoms with Gasteiger partial charge in [-0.3, -0.25) is 14.3 Å². The lowest BCUT2D eigenvalue weighted by molar-refractivity contribution is -0.274. The normalized spacial score (nSPS) is 13.7. The fourth-order valence-corrected chi connectivity index (χ4v) is 5.50. The van der Waals surface area contributed by atoms with E-state index >= 15 is 0 Å². The third-order valence-electron chi connectivity index (χ3n) is 6.29. The molecule has 0 spiro atoms. The molecule has 2 amide bonds. The summed E-state index contributed by atoms with van der Waals surface area (Å²) in [4.78, 5) is 24.8. The number of benzene rings is 3. The first-order valence-electron chi connectivity index (χ1n) is 13.0. The molecule has 1 fully saturated rings. The van der Waals surface area contributed by atoms with E-state index in [2.05, 4.69) is 25.4 Å². The molecule has 3 aromatic carbocycles. The molecule has 0 unspecified atom stereocenters. The van der Waals surface area contributed by atoms with Crippen LogP contribution in [0.15, 0.2) is 77.7 Å². The fraction of sp³-hybridized carbons (Fsp3) is 0.286.